The molecule has 1 aliphatic rings. The molecule has 0 bridgehead atoms. The molecule has 1 amide bonds. The lowest BCUT2D eigenvalue weighted by Crippen LogP contribution is -2.42. The molecular formula is C21H29IN4OS2. The van der Waals surface area contributed by atoms with E-state index in [2.05, 4.69) is 58.3 Å². The molecule has 2 heterocycles. The summed E-state index contributed by atoms with van der Waals surface area (Å²) in [6.07, 6.45) is 1.46. The molecule has 5 nitrogen and oxygen atoms in total. The van der Waals surface area contributed by atoms with E-state index in [1.165, 1.54) is 15.3 Å². The third kappa shape index (κ3) is 7.49. The van der Waals surface area contributed by atoms with Gasteiger partial charge in [0.25, 0.3) is 0 Å². The van der Waals surface area contributed by atoms with Gasteiger partial charge in [0.1, 0.15) is 0 Å². The number of thioether (sulfide) groups is 1. The SMILES string of the molecule is CN=C(NCCC(=O)N1CCc2sccc2C1)NCC(C)Sc1ccccc1.I. The maximum atomic E-state index is 12.5. The third-order valence-electron chi connectivity index (χ3n) is 4.65. The molecule has 0 aliphatic carbocycles. The smallest absolute Gasteiger partial charge is 0.224 e. The molecule has 1 aromatic carbocycles. The quantitative estimate of drug-likeness (QED) is 0.240. The van der Waals surface area contributed by atoms with Gasteiger partial charge in [-0.2, -0.15) is 0 Å². The molecule has 0 saturated carbocycles. The number of rotatable bonds is 7. The van der Waals surface area contributed by atoms with E-state index in [1.807, 2.05) is 22.7 Å². The summed E-state index contributed by atoms with van der Waals surface area (Å²) in [5.74, 6) is 0.944. The van der Waals surface area contributed by atoms with E-state index >= 15 is 0 Å². The Bertz CT molecular complexity index is 797. The van der Waals surface area contributed by atoms with Crippen LogP contribution < -0.4 is 10.6 Å². The number of benzene rings is 1. The van der Waals surface area contributed by atoms with Crippen LogP contribution in [0, 0.1) is 0 Å². The Morgan fingerprint density at radius 1 is 1.28 bits per heavy atom. The molecule has 2 N–H and O–H groups in total. The molecular weight excluding hydrogens is 515 g/mol. The number of guanidine groups is 1. The first-order valence-electron chi connectivity index (χ1n) is 9.65. The summed E-state index contributed by atoms with van der Waals surface area (Å²) in [4.78, 5) is 21.4. The van der Waals surface area contributed by atoms with Crippen molar-refractivity contribution in [3.63, 3.8) is 0 Å². The molecule has 0 fully saturated rings. The van der Waals surface area contributed by atoms with Crippen LogP contribution in [0.5, 0.6) is 0 Å². The molecule has 8 heteroatoms. The summed E-state index contributed by atoms with van der Waals surface area (Å²) in [5, 5.41) is 9.13. The Morgan fingerprint density at radius 3 is 2.83 bits per heavy atom. The number of thiophene rings is 1. The Balaban J connectivity index is 0.00000300. The van der Waals surface area contributed by atoms with Crippen LogP contribution in [-0.4, -0.2) is 48.7 Å². The van der Waals surface area contributed by atoms with Gasteiger partial charge in [-0.1, -0.05) is 25.1 Å². The van der Waals surface area contributed by atoms with E-state index in [1.54, 1.807) is 18.4 Å². The van der Waals surface area contributed by atoms with E-state index in [-0.39, 0.29) is 29.9 Å². The Hall–Kier alpha value is -1.26. The van der Waals surface area contributed by atoms with Gasteiger partial charge >= 0.3 is 0 Å². The van der Waals surface area contributed by atoms with E-state index in [0.29, 0.717) is 18.2 Å². The van der Waals surface area contributed by atoms with Crippen molar-refractivity contribution in [2.24, 2.45) is 4.99 Å². The van der Waals surface area contributed by atoms with Gasteiger partial charge in [-0.25, -0.2) is 0 Å². The predicted molar refractivity (Wildman–Crippen MR) is 135 cm³/mol. The van der Waals surface area contributed by atoms with Crippen molar-refractivity contribution < 1.29 is 4.79 Å². The molecule has 1 aromatic heterocycles. The minimum absolute atomic E-state index is 0. The van der Waals surface area contributed by atoms with Gasteiger partial charge in [0, 0.05) is 54.7 Å². The Labute approximate surface area is 198 Å². The number of nitrogens with zero attached hydrogens (tertiary/aromatic N) is 2. The first-order valence-corrected chi connectivity index (χ1v) is 11.4. The minimum Gasteiger partial charge on any atom is -0.356 e. The highest BCUT2D eigenvalue weighted by Gasteiger charge is 2.21. The average molecular weight is 545 g/mol. The van der Waals surface area contributed by atoms with Gasteiger partial charge in [-0.15, -0.1) is 47.1 Å². The summed E-state index contributed by atoms with van der Waals surface area (Å²) < 4.78 is 0. The van der Waals surface area contributed by atoms with Crippen LogP contribution in [-0.2, 0) is 17.8 Å². The number of hydrogen-bond donors (Lipinski definition) is 2. The van der Waals surface area contributed by atoms with E-state index in [0.717, 1.165) is 32.0 Å². The molecule has 0 spiro atoms. The van der Waals surface area contributed by atoms with E-state index in [9.17, 15) is 4.79 Å². The first kappa shape index (κ1) is 24.0. The van der Waals surface area contributed by atoms with Crippen molar-refractivity contribution >= 4 is 58.9 Å². The molecule has 1 unspecified atom stereocenters. The number of carbonyl (C=O) groups is 1. The van der Waals surface area contributed by atoms with Crippen LogP contribution in [0.2, 0.25) is 0 Å². The third-order valence-corrected chi connectivity index (χ3v) is 6.79. The molecule has 0 saturated heterocycles. The number of nitrogens with one attached hydrogen (secondary N) is 2. The second-order valence-corrected chi connectivity index (χ2v) is 9.32. The highest BCUT2D eigenvalue weighted by atomic mass is 127. The zero-order chi connectivity index (χ0) is 19.8. The lowest BCUT2D eigenvalue weighted by molar-refractivity contribution is -0.131. The lowest BCUT2D eigenvalue weighted by atomic mass is 10.1. The van der Waals surface area contributed by atoms with Crippen molar-refractivity contribution in [3.05, 3.63) is 52.2 Å². The second kappa shape index (κ2) is 12.4. The van der Waals surface area contributed by atoms with Crippen LogP contribution in [0.4, 0.5) is 0 Å². The standard InChI is InChI=1S/C21H28N4OS2.HI/c1-16(28-18-6-4-3-5-7-18)14-24-21(22-2)23-11-8-20(26)25-12-9-19-17(15-25)10-13-27-19;/h3-7,10,13,16H,8-9,11-12,14-15H2,1-2H3,(H2,22,23,24);1H. The van der Waals surface area contributed by atoms with Crippen LogP contribution in [0.15, 0.2) is 51.7 Å². The summed E-state index contributed by atoms with van der Waals surface area (Å²) >= 11 is 3.63. The topological polar surface area (TPSA) is 56.7 Å². The van der Waals surface area contributed by atoms with Crippen molar-refractivity contribution in [2.45, 2.75) is 36.5 Å². The number of hydrogen-bond acceptors (Lipinski definition) is 4. The van der Waals surface area contributed by atoms with Gasteiger partial charge in [-0.05, 0) is 35.6 Å². The number of carbonyl (C=O) groups excluding carboxylic acids is 1. The summed E-state index contributed by atoms with van der Waals surface area (Å²) in [6, 6.07) is 12.5. The maximum Gasteiger partial charge on any atom is 0.224 e. The van der Waals surface area contributed by atoms with Crippen molar-refractivity contribution in [2.75, 3.05) is 26.7 Å². The van der Waals surface area contributed by atoms with Crippen molar-refractivity contribution in [3.8, 4) is 0 Å². The van der Waals surface area contributed by atoms with Crippen molar-refractivity contribution in [1.82, 2.24) is 15.5 Å². The van der Waals surface area contributed by atoms with Gasteiger partial charge < -0.3 is 15.5 Å². The average Bonchev–Trinajstić information content (AvgIpc) is 3.19. The molecule has 0 radical (unpaired) electrons. The zero-order valence-corrected chi connectivity index (χ0v) is 20.9. The largest absolute Gasteiger partial charge is 0.356 e. The number of halogens is 1. The van der Waals surface area contributed by atoms with Crippen LogP contribution in [0.3, 0.4) is 0 Å². The molecule has 2 aromatic rings. The molecule has 158 valence electrons. The van der Waals surface area contributed by atoms with E-state index < -0.39 is 0 Å². The fraction of sp³-hybridized carbons (Fsp3) is 0.429. The lowest BCUT2D eigenvalue weighted by Gasteiger charge is -2.27. The fourth-order valence-corrected chi connectivity index (χ4v) is 4.98. The second-order valence-electron chi connectivity index (χ2n) is 6.81. The molecule has 29 heavy (non-hydrogen) atoms. The van der Waals surface area contributed by atoms with Gasteiger partial charge in [0.05, 0.1) is 0 Å². The van der Waals surface area contributed by atoms with Crippen LogP contribution in [0.1, 0.15) is 23.8 Å². The Morgan fingerprint density at radius 2 is 2.07 bits per heavy atom. The van der Waals surface area contributed by atoms with E-state index in [4.69, 9.17) is 0 Å². The van der Waals surface area contributed by atoms with Crippen molar-refractivity contribution in [1.29, 1.82) is 0 Å². The molecule has 1 atom stereocenters. The highest BCUT2D eigenvalue weighted by molar-refractivity contribution is 14.0. The van der Waals surface area contributed by atoms with Crippen LogP contribution in [0.25, 0.3) is 0 Å². The normalized spacial score (nSPS) is 14.6. The molecule has 3 rings (SSSR count). The van der Waals surface area contributed by atoms with Gasteiger partial charge in [0.15, 0.2) is 5.96 Å². The van der Waals surface area contributed by atoms with Crippen LogP contribution >= 0.6 is 47.1 Å². The minimum atomic E-state index is 0. The number of fused-ring (bicyclic) bond motifs is 1. The van der Waals surface area contributed by atoms with Gasteiger partial charge in [-0.3, -0.25) is 9.79 Å². The monoisotopic (exact) mass is 544 g/mol. The number of amides is 1. The fourth-order valence-electron chi connectivity index (χ4n) is 3.14. The maximum absolute atomic E-state index is 12.5. The summed E-state index contributed by atoms with van der Waals surface area (Å²) in [5.41, 5.74) is 1.31. The zero-order valence-electron chi connectivity index (χ0n) is 16.9. The first-order chi connectivity index (χ1) is 13.7. The highest BCUT2D eigenvalue weighted by Crippen LogP contribution is 2.24. The summed E-state index contributed by atoms with van der Waals surface area (Å²) in [7, 11) is 1.76. The number of aliphatic imine (C=N–C) groups is 1. The summed E-state index contributed by atoms with van der Waals surface area (Å²) in [6.45, 7) is 5.16. The predicted octanol–water partition coefficient (Wildman–Crippen LogP) is 3.99. The Kier molecular flexibility index (Phi) is 10.3. The van der Waals surface area contributed by atoms with Gasteiger partial charge in [0.2, 0.25) is 5.91 Å². The molecule has 1 aliphatic heterocycles.